The molecule has 25 heavy (non-hydrogen) atoms. The van der Waals surface area contributed by atoms with Gasteiger partial charge < -0.3 is 10.6 Å². The number of carbonyl (C=O) groups is 1. The second kappa shape index (κ2) is 5.80. The normalized spacial score (nSPS) is 18.1. The van der Waals surface area contributed by atoms with Crippen molar-refractivity contribution in [3.63, 3.8) is 0 Å². The number of aromatic nitrogens is 3. The maximum Gasteiger partial charge on any atom is 0.276 e. The van der Waals surface area contributed by atoms with E-state index < -0.39 is 17.0 Å². The Morgan fingerprint density at radius 2 is 2.04 bits per heavy atom. The van der Waals surface area contributed by atoms with E-state index in [1.807, 2.05) is 0 Å². The highest BCUT2D eigenvalue weighted by molar-refractivity contribution is 6.34. The molecule has 0 saturated heterocycles. The average molecular weight is 364 g/mol. The molecule has 1 spiro atoms. The summed E-state index contributed by atoms with van der Waals surface area (Å²) in [7, 11) is 0. The van der Waals surface area contributed by atoms with Gasteiger partial charge in [-0.05, 0) is 31.7 Å². The lowest BCUT2D eigenvalue weighted by Crippen LogP contribution is -2.48. The molecule has 1 fully saturated rings. The van der Waals surface area contributed by atoms with E-state index in [9.17, 15) is 14.0 Å². The minimum absolute atomic E-state index is 0.0628. The maximum absolute atomic E-state index is 13.8. The first-order valence-corrected chi connectivity index (χ1v) is 8.41. The summed E-state index contributed by atoms with van der Waals surface area (Å²) in [5, 5.41) is 5.73. The first kappa shape index (κ1) is 16.0. The third-order valence-corrected chi connectivity index (χ3v) is 5.03. The lowest BCUT2D eigenvalue weighted by atomic mass is 9.89. The molecule has 2 aromatic rings. The number of hydrogen-bond donors (Lipinski definition) is 2. The smallest absolute Gasteiger partial charge is 0.276 e. The molecule has 1 aliphatic carbocycles. The second-order valence-electron chi connectivity index (χ2n) is 6.29. The molecule has 2 N–H and O–H groups in total. The Bertz CT molecular complexity index is 923. The topological polar surface area (TPSA) is 88.9 Å². The highest BCUT2D eigenvalue weighted by Gasteiger charge is 2.45. The first-order valence-electron chi connectivity index (χ1n) is 8.03. The standard InChI is InChI=1S/C16H15ClFN5O2/c17-9-6-11(21-13-10(18)7-19-8-20-13)15(25)23-12(9)14(24)22-16(23)4-2-1-3-5-16/h6-8H,1-5H2,(H,22,24)(H,19,20,21). The van der Waals surface area contributed by atoms with E-state index in [0.717, 1.165) is 25.5 Å². The highest BCUT2D eigenvalue weighted by Crippen LogP contribution is 2.38. The van der Waals surface area contributed by atoms with Gasteiger partial charge in [-0.2, -0.15) is 0 Å². The number of nitrogens with zero attached hydrogens (tertiary/aromatic N) is 3. The zero-order chi connectivity index (χ0) is 17.6. The SMILES string of the molecule is O=C1NC2(CCCCC2)n2c1c(Cl)cc(Nc1ncncc1F)c2=O. The van der Waals surface area contributed by atoms with Crippen molar-refractivity contribution in [1.82, 2.24) is 19.9 Å². The van der Waals surface area contributed by atoms with E-state index in [0.29, 0.717) is 12.8 Å². The quantitative estimate of drug-likeness (QED) is 0.855. The van der Waals surface area contributed by atoms with Gasteiger partial charge in [0.2, 0.25) is 0 Å². The van der Waals surface area contributed by atoms with Crippen molar-refractivity contribution in [3.8, 4) is 0 Å². The van der Waals surface area contributed by atoms with Crippen LogP contribution in [-0.2, 0) is 5.66 Å². The number of pyridine rings is 1. The molecule has 7 nitrogen and oxygen atoms in total. The van der Waals surface area contributed by atoms with E-state index in [4.69, 9.17) is 11.6 Å². The molecule has 0 atom stereocenters. The van der Waals surface area contributed by atoms with Crippen molar-refractivity contribution in [1.29, 1.82) is 0 Å². The Morgan fingerprint density at radius 3 is 2.76 bits per heavy atom. The van der Waals surface area contributed by atoms with Gasteiger partial charge in [0.05, 0.1) is 11.2 Å². The molecule has 0 bridgehead atoms. The van der Waals surface area contributed by atoms with Crippen molar-refractivity contribution in [2.75, 3.05) is 5.32 Å². The Hall–Kier alpha value is -2.48. The molecular weight excluding hydrogens is 349 g/mol. The molecule has 2 aliphatic rings. The van der Waals surface area contributed by atoms with Crippen LogP contribution < -0.4 is 16.2 Å². The van der Waals surface area contributed by atoms with Gasteiger partial charge >= 0.3 is 0 Å². The maximum atomic E-state index is 13.8. The fourth-order valence-electron chi connectivity index (χ4n) is 3.64. The van der Waals surface area contributed by atoms with Crippen molar-refractivity contribution < 1.29 is 9.18 Å². The lowest BCUT2D eigenvalue weighted by molar-refractivity contribution is 0.0877. The molecule has 1 aliphatic heterocycles. The van der Waals surface area contributed by atoms with Crippen molar-refractivity contribution in [2.45, 2.75) is 37.8 Å². The molecule has 0 aromatic carbocycles. The molecule has 130 valence electrons. The van der Waals surface area contributed by atoms with Crippen LogP contribution in [0.1, 0.15) is 42.6 Å². The Kier molecular flexibility index (Phi) is 3.72. The van der Waals surface area contributed by atoms with Crippen LogP contribution in [0, 0.1) is 5.82 Å². The predicted octanol–water partition coefficient (Wildman–Crippen LogP) is 2.53. The second-order valence-corrected chi connectivity index (χ2v) is 6.69. The van der Waals surface area contributed by atoms with Crippen LogP contribution in [0.15, 0.2) is 23.4 Å². The van der Waals surface area contributed by atoms with E-state index >= 15 is 0 Å². The van der Waals surface area contributed by atoms with Gasteiger partial charge in [0.1, 0.15) is 23.4 Å². The zero-order valence-corrected chi connectivity index (χ0v) is 13.9. The van der Waals surface area contributed by atoms with E-state index in [1.54, 1.807) is 0 Å². The van der Waals surface area contributed by atoms with Crippen LogP contribution in [0.2, 0.25) is 5.02 Å². The van der Waals surface area contributed by atoms with Crippen LogP contribution in [0.4, 0.5) is 15.9 Å². The number of anilines is 2. The summed E-state index contributed by atoms with van der Waals surface area (Å²) in [6, 6.07) is 1.33. The van der Waals surface area contributed by atoms with Crippen LogP contribution in [-0.4, -0.2) is 20.4 Å². The number of hydrogen-bond acceptors (Lipinski definition) is 5. The fraction of sp³-hybridized carbons (Fsp3) is 0.375. The third-order valence-electron chi connectivity index (χ3n) is 4.75. The fourth-order valence-corrected chi connectivity index (χ4v) is 3.92. The van der Waals surface area contributed by atoms with Crippen LogP contribution in [0.3, 0.4) is 0 Å². The van der Waals surface area contributed by atoms with Crippen molar-refractivity contribution >= 4 is 29.0 Å². The molecule has 2 aromatic heterocycles. The van der Waals surface area contributed by atoms with Gasteiger partial charge in [0.25, 0.3) is 11.5 Å². The summed E-state index contributed by atoms with van der Waals surface area (Å²) in [5.41, 5.74) is -0.972. The summed E-state index contributed by atoms with van der Waals surface area (Å²) in [6.45, 7) is 0. The summed E-state index contributed by atoms with van der Waals surface area (Å²) in [6.07, 6.45) is 6.35. The monoisotopic (exact) mass is 363 g/mol. The first-order chi connectivity index (χ1) is 12.0. The van der Waals surface area contributed by atoms with E-state index in [1.165, 1.54) is 17.0 Å². The van der Waals surface area contributed by atoms with Gasteiger partial charge in [-0.15, -0.1) is 0 Å². The number of fused-ring (bicyclic) bond motifs is 2. The molecule has 0 radical (unpaired) electrons. The Morgan fingerprint density at radius 1 is 1.28 bits per heavy atom. The number of carbonyl (C=O) groups excluding carboxylic acids is 1. The van der Waals surface area contributed by atoms with E-state index in [2.05, 4.69) is 20.6 Å². The van der Waals surface area contributed by atoms with Crippen LogP contribution in [0.25, 0.3) is 0 Å². The zero-order valence-electron chi connectivity index (χ0n) is 13.2. The van der Waals surface area contributed by atoms with Crippen molar-refractivity contribution in [2.24, 2.45) is 0 Å². The largest absolute Gasteiger partial charge is 0.333 e. The number of amides is 1. The van der Waals surface area contributed by atoms with Gasteiger partial charge in [-0.1, -0.05) is 18.0 Å². The number of halogens is 2. The summed E-state index contributed by atoms with van der Waals surface area (Å²) in [5.74, 6) is -1.17. The molecule has 0 unspecified atom stereocenters. The van der Waals surface area contributed by atoms with E-state index in [-0.39, 0.29) is 28.1 Å². The van der Waals surface area contributed by atoms with Crippen molar-refractivity contribution in [3.05, 3.63) is 45.5 Å². The average Bonchev–Trinajstić information content (AvgIpc) is 2.87. The lowest BCUT2D eigenvalue weighted by Gasteiger charge is -2.35. The minimum Gasteiger partial charge on any atom is -0.333 e. The summed E-state index contributed by atoms with van der Waals surface area (Å²) >= 11 is 6.26. The Balaban J connectivity index is 1.86. The van der Waals surface area contributed by atoms with Crippen LogP contribution >= 0.6 is 11.6 Å². The van der Waals surface area contributed by atoms with Gasteiger partial charge in [-0.3, -0.25) is 14.2 Å². The van der Waals surface area contributed by atoms with Gasteiger partial charge in [-0.25, -0.2) is 14.4 Å². The molecule has 9 heteroatoms. The summed E-state index contributed by atoms with van der Waals surface area (Å²) in [4.78, 5) is 32.8. The molecule has 1 amide bonds. The molecule has 3 heterocycles. The molecular formula is C16H15ClFN5O2. The number of nitrogens with one attached hydrogen (secondary N) is 2. The predicted molar refractivity (Wildman–Crippen MR) is 89.5 cm³/mol. The van der Waals surface area contributed by atoms with Crippen LogP contribution in [0.5, 0.6) is 0 Å². The third kappa shape index (κ3) is 2.48. The highest BCUT2D eigenvalue weighted by atomic mass is 35.5. The van der Waals surface area contributed by atoms with Gasteiger partial charge in [0, 0.05) is 0 Å². The minimum atomic E-state index is -0.757. The summed E-state index contributed by atoms with van der Waals surface area (Å²) < 4.78 is 15.2. The Labute approximate surface area is 147 Å². The van der Waals surface area contributed by atoms with Gasteiger partial charge in [0.15, 0.2) is 11.6 Å². The molecule has 1 saturated carbocycles. The number of rotatable bonds is 2. The molecule has 4 rings (SSSR count).